The number of rotatable bonds is 7. The van der Waals surface area contributed by atoms with E-state index in [-0.39, 0.29) is 0 Å². The first-order valence-corrected chi connectivity index (χ1v) is 16.3. The SMILES string of the molecule is c1ccc(-c2ccccc2-c2nnc(-c3ccc(N(c4ccccc4)c4ccc(-n5c6ccccc6c6ccccc65)cc4)cc3)o2)cc1. The van der Waals surface area contributed by atoms with E-state index in [2.05, 4.69) is 147 Å². The third-order valence-electron chi connectivity index (χ3n) is 9.00. The molecule has 0 atom stereocenters. The van der Waals surface area contributed by atoms with Gasteiger partial charge < -0.3 is 13.9 Å². The van der Waals surface area contributed by atoms with Crippen molar-refractivity contribution >= 4 is 38.9 Å². The maximum absolute atomic E-state index is 6.26. The summed E-state index contributed by atoms with van der Waals surface area (Å²) < 4.78 is 8.60. The molecular weight excluding hydrogens is 601 g/mol. The van der Waals surface area contributed by atoms with E-state index in [0.717, 1.165) is 45.0 Å². The first-order chi connectivity index (χ1) is 24.3. The number of hydrogen-bond donors (Lipinski definition) is 0. The molecule has 0 saturated carbocycles. The lowest BCUT2D eigenvalue weighted by Gasteiger charge is -2.26. The van der Waals surface area contributed by atoms with Crippen LogP contribution in [0.3, 0.4) is 0 Å². The molecule has 0 saturated heterocycles. The van der Waals surface area contributed by atoms with E-state index in [1.807, 2.05) is 54.6 Å². The zero-order valence-corrected chi connectivity index (χ0v) is 26.5. The summed E-state index contributed by atoms with van der Waals surface area (Å²) in [4.78, 5) is 2.26. The number of anilines is 3. The lowest BCUT2D eigenvalue weighted by atomic mass is 10.00. The van der Waals surface area contributed by atoms with Crippen LogP contribution in [-0.4, -0.2) is 14.8 Å². The fourth-order valence-corrected chi connectivity index (χ4v) is 6.72. The molecule has 7 aromatic carbocycles. The monoisotopic (exact) mass is 630 g/mol. The lowest BCUT2D eigenvalue weighted by molar-refractivity contribution is 0.585. The summed E-state index contributed by atoms with van der Waals surface area (Å²) in [5, 5.41) is 11.4. The third-order valence-corrected chi connectivity index (χ3v) is 9.00. The summed E-state index contributed by atoms with van der Waals surface area (Å²) in [5.41, 5.74) is 10.6. The van der Waals surface area contributed by atoms with E-state index >= 15 is 0 Å². The van der Waals surface area contributed by atoms with Crippen molar-refractivity contribution in [2.75, 3.05) is 4.90 Å². The van der Waals surface area contributed by atoms with Gasteiger partial charge in [0.1, 0.15) is 0 Å². The van der Waals surface area contributed by atoms with Crippen LogP contribution in [0.15, 0.2) is 186 Å². The predicted molar refractivity (Wildman–Crippen MR) is 200 cm³/mol. The molecule has 0 aliphatic carbocycles. The second-order valence-corrected chi connectivity index (χ2v) is 11.9. The highest BCUT2D eigenvalue weighted by molar-refractivity contribution is 6.09. The summed E-state index contributed by atoms with van der Waals surface area (Å²) in [5.74, 6) is 0.971. The zero-order valence-electron chi connectivity index (χ0n) is 26.5. The van der Waals surface area contributed by atoms with E-state index in [4.69, 9.17) is 4.42 Å². The molecule has 232 valence electrons. The minimum atomic E-state index is 0.478. The molecule has 0 spiro atoms. The fraction of sp³-hybridized carbons (Fsp3) is 0. The third kappa shape index (κ3) is 5.14. The Labute approximate surface area is 284 Å². The van der Waals surface area contributed by atoms with Gasteiger partial charge in [0.15, 0.2) is 0 Å². The molecule has 0 radical (unpaired) electrons. The topological polar surface area (TPSA) is 47.1 Å². The molecule has 0 bridgehead atoms. The van der Waals surface area contributed by atoms with E-state index in [1.165, 1.54) is 21.8 Å². The van der Waals surface area contributed by atoms with Crippen molar-refractivity contribution in [3.63, 3.8) is 0 Å². The number of hydrogen-bond acceptors (Lipinski definition) is 4. The number of para-hydroxylation sites is 3. The van der Waals surface area contributed by atoms with Crippen molar-refractivity contribution in [1.29, 1.82) is 0 Å². The summed E-state index contributed by atoms with van der Waals surface area (Å²) in [6.45, 7) is 0. The van der Waals surface area contributed by atoms with Crippen LogP contribution >= 0.6 is 0 Å². The van der Waals surface area contributed by atoms with Crippen LogP contribution in [0.4, 0.5) is 17.1 Å². The highest BCUT2D eigenvalue weighted by atomic mass is 16.4. The van der Waals surface area contributed by atoms with E-state index in [0.29, 0.717) is 11.8 Å². The Morgan fingerprint density at radius 1 is 0.388 bits per heavy atom. The Kier molecular flexibility index (Phi) is 7.06. The van der Waals surface area contributed by atoms with Gasteiger partial charge in [-0.05, 0) is 90.0 Å². The summed E-state index contributed by atoms with van der Waals surface area (Å²) >= 11 is 0. The quantitative estimate of drug-likeness (QED) is 0.176. The Balaban J connectivity index is 1.06. The summed E-state index contributed by atoms with van der Waals surface area (Å²) in [7, 11) is 0. The predicted octanol–water partition coefficient (Wildman–Crippen LogP) is 11.6. The average Bonchev–Trinajstić information content (AvgIpc) is 3.80. The van der Waals surface area contributed by atoms with Gasteiger partial charge in [0.2, 0.25) is 11.8 Å². The molecule has 2 heterocycles. The van der Waals surface area contributed by atoms with Crippen molar-refractivity contribution in [2.45, 2.75) is 0 Å². The molecule has 0 unspecified atom stereocenters. The number of benzene rings is 7. The molecule has 0 N–H and O–H groups in total. The van der Waals surface area contributed by atoms with Gasteiger partial charge in [-0.25, -0.2) is 0 Å². The van der Waals surface area contributed by atoms with E-state index in [9.17, 15) is 0 Å². The Hall–Kier alpha value is -6.72. The molecule has 49 heavy (non-hydrogen) atoms. The van der Waals surface area contributed by atoms with Gasteiger partial charge in [-0.15, -0.1) is 10.2 Å². The van der Waals surface area contributed by atoms with Gasteiger partial charge in [-0.2, -0.15) is 0 Å². The maximum Gasteiger partial charge on any atom is 0.248 e. The summed E-state index contributed by atoms with van der Waals surface area (Å²) in [6, 6.07) is 63.1. The summed E-state index contributed by atoms with van der Waals surface area (Å²) in [6.07, 6.45) is 0. The molecule has 5 nitrogen and oxygen atoms in total. The standard InChI is InChI=1S/C44H30N4O/c1-3-13-31(14-4-1)37-17-7-8-20-40(37)44-46-45-43(49-44)32-23-25-34(26-24-32)47(33-15-5-2-6-16-33)35-27-29-36(30-28-35)48-41-21-11-9-18-38(41)39-19-10-12-22-42(39)48/h1-30H. The first kappa shape index (κ1) is 28.5. The maximum atomic E-state index is 6.26. The number of aromatic nitrogens is 3. The van der Waals surface area contributed by atoms with Crippen LogP contribution in [0, 0.1) is 0 Å². The van der Waals surface area contributed by atoms with Crippen molar-refractivity contribution < 1.29 is 4.42 Å². The van der Waals surface area contributed by atoms with Crippen molar-refractivity contribution in [2.24, 2.45) is 0 Å². The molecular formula is C44H30N4O. The minimum absolute atomic E-state index is 0.478. The Morgan fingerprint density at radius 2 is 0.878 bits per heavy atom. The fourth-order valence-electron chi connectivity index (χ4n) is 6.72. The second-order valence-electron chi connectivity index (χ2n) is 11.9. The highest BCUT2D eigenvalue weighted by Gasteiger charge is 2.18. The van der Waals surface area contributed by atoms with Gasteiger partial charge in [0, 0.05) is 44.6 Å². The van der Waals surface area contributed by atoms with E-state index < -0.39 is 0 Å². The molecule has 0 aliphatic rings. The Morgan fingerprint density at radius 3 is 1.53 bits per heavy atom. The number of fused-ring (bicyclic) bond motifs is 3. The molecule has 0 aliphatic heterocycles. The first-order valence-electron chi connectivity index (χ1n) is 16.3. The average molecular weight is 631 g/mol. The lowest BCUT2D eigenvalue weighted by Crippen LogP contribution is -2.10. The molecule has 2 aromatic heterocycles. The largest absolute Gasteiger partial charge is 0.416 e. The Bertz CT molecular complexity index is 2480. The van der Waals surface area contributed by atoms with Gasteiger partial charge in [-0.1, -0.05) is 103 Å². The molecule has 5 heteroatoms. The van der Waals surface area contributed by atoms with Crippen LogP contribution in [0.5, 0.6) is 0 Å². The van der Waals surface area contributed by atoms with Crippen LogP contribution in [0.2, 0.25) is 0 Å². The van der Waals surface area contributed by atoms with Crippen LogP contribution < -0.4 is 4.90 Å². The normalized spacial score (nSPS) is 11.3. The van der Waals surface area contributed by atoms with Crippen molar-refractivity contribution in [3.05, 3.63) is 182 Å². The molecule has 9 aromatic rings. The van der Waals surface area contributed by atoms with Gasteiger partial charge in [-0.3, -0.25) is 0 Å². The second kappa shape index (κ2) is 12.1. The van der Waals surface area contributed by atoms with Crippen molar-refractivity contribution in [3.8, 4) is 39.7 Å². The highest BCUT2D eigenvalue weighted by Crippen LogP contribution is 2.38. The van der Waals surface area contributed by atoms with Crippen LogP contribution in [0.1, 0.15) is 0 Å². The molecule has 0 amide bonds. The van der Waals surface area contributed by atoms with Gasteiger partial charge in [0.25, 0.3) is 0 Å². The smallest absolute Gasteiger partial charge is 0.248 e. The van der Waals surface area contributed by atoms with Crippen LogP contribution in [-0.2, 0) is 0 Å². The van der Waals surface area contributed by atoms with Gasteiger partial charge in [0.05, 0.1) is 11.0 Å². The van der Waals surface area contributed by atoms with Crippen LogP contribution in [0.25, 0.3) is 61.5 Å². The molecule has 0 fully saturated rings. The zero-order chi connectivity index (χ0) is 32.6. The van der Waals surface area contributed by atoms with Crippen molar-refractivity contribution in [1.82, 2.24) is 14.8 Å². The van der Waals surface area contributed by atoms with E-state index in [1.54, 1.807) is 0 Å². The minimum Gasteiger partial charge on any atom is -0.416 e. The van der Waals surface area contributed by atoms with Gasteiger partial charge >= 0.3 is 0 Å². The molecule has 9 rings (SSSR count). The number of nitrogens with zero attached hydrogens (tertiary/aromatic N) is 4.